The van der Waals surface area contributed by atoms with Crippen LogP contribution in [0.2, 0.25) is 0 Å². The quantitative estimate of drug-likeness (QED) is 0.730. The van der Waals surface area contributed by atoms with Crippen molar-refractivity contribution < 1.29 is 4.79 Å². The van der Waals surface area contributed by atoms with E-state index in [2.05, 4.69) is 17.6 Å². The largest absolute Gasteiger partial charge is 0.332 e. The Morgan fingerprint density at radius 2 is 1.89 bits per heavy atom. The first-order valence-corrected chi connectivity index (χ1v) is 10.2. The highest BCUT2D eigenvalue weighted by Crippen LogP contribution is 2.35. The number of benzene rings is 2. The molecule has 1 aliphatic heterocycles. The highest BCUT2D eigenvalue weighted by Gasteiger charge is 2.37. The molecule has 5 nitrogen and oxygen atoms in total. The number of carbonyl (C=O) groups excluding carboxylic acids is 1. The summed E-state index contributed by atoms with van der Waals surface area (Å²) in [7, 11) is 0. The molecular formula is C23H28N4O. The van der Waals surface area contributed by atoms with Crippen molar-refractivity contribution in [2.24, 2.45) is 11.7 Å². The number of carbonyl (C=O) groups is 1. The van der Waals surface area contributed by atoms with Gasteiger partial charge in [-0.2, -0.15) is 0 Å². The van der Waals surface area contributed by atoms with Gasteiger partial charge < -0.3 is 15.2 Å². The van der Waals surface area contributed by atoms with Gasteiger partial charge in [0.25, 0.3) is 0 Å². The van der Waals surface area contributed by atoms with Crippen LogP contribution in [0.1, 0.15) is 50.2 Å². The van der Waals surface area contributed by atoms with E-state index in [1.165, 1.54) is 0 Å². The van der Waals surface area contributed by atoms with Crippen molar-refractivity contribution in [2.45, 2.75) is 45.3 Å². The van der Waals surface area contributed by atoms with Crippen LogP contribution in [0.5, 0.6) is 0 Å². The fourth-order valence-electron chi connectivity index (χ4n) is 4.36. The van der Waals surface area contributed by atoms with Crippen LogP contribution in [-0.4, -0.2) is 26.9 Å². The van der Waals surface area contributed by atoms with Gasteiger partial charge in [-0.15, -0.1) is 0 Å². The summed E-state index contributed by atoms with van der Waals surface area (Å²) in [5.74, 6) is 0.839. The highest BCUT2D eigenvalue weighted by atomic mass is 16.2. The van der Waals surface area contributed by atoms with Crippen LogP contribution in [-0.2, 0) is 11.3 Å². The van der Waals surface area contributed by atoms with E-state index >= 15 is 0 Å². The molecule has 0 spiro atoms. The predicted octanol–water partition coefficient (Wildman–Crippen LogP) is 4.06. The van der Waals surface area contributed by atoms with Gasteiger partial charge in [0.2, 0.25) is 5.91 Å². The lowest BCUT2D eigenvalue weighted by Crippen LogP contribution is -2.39. The molecule has 3 atom stereocenters. The van der Waals surface area contributed by atoms with Crippen molar-refractivity contribution in [3.8, 4) is 0 Å². The lowest BCUT2D eigenvalue weighted by molar-refractivity contribution is -0.136. The highest BCUT2D eigenvalue weighted by molar-refractivity contribution is 5.81. The summed E-state index contributed by atoms with van der Waals surface area (Å²) in [5.41, 5.74) is 9.57. The third-order valence-corrected chi connectivity index (χ3v) is 5.95. The summed E-state index contributed by atoms with van der Waals surface area (Å²) in [6.07, 6.45) is 1.94. The molecule has 2 heterocycles. The van der Waals surface area contributed by atoms with Gasteiger partial charge in [-0.1, -0.05) is 49.4 Å². The van der Waals surface area contributed by atoms with Gasteiger partial charge in [0, 0.05) is 19.1 Å². The van der Waals surface area contributed by atoms with Crippen LogP contribution in [0.15, 0.2) is 54.6 Å². The Hall–Kier alpha value is -2.66. The van der Waals surface area contributed by atoms with Crippen molar-refractivity contribution in [1.82, 2.24) is 14.5 Å². The normalized spacial score (nSPS) is 19.1. The van der Waals surface area contributed by atoms with Crippen LogP contribution >= 0.6 is 0 Å². The van der Waals surface area contributed by atoms with Gasteiger partial charge in [-0.05, 0) is 37.5 Å². The molecular weight excluding hydrogens is 348 g/mol. The summed E-state index contributed by atoms with van der Waals surface area (Å²) >= 11 is 0. The molecule has 1 amide bonds. The van der Waals surface area contributed by atoms with Crippen LogP contribution in [0.3, 0.4) is 0 Å². The summed E-state index contributed by atoms with van der Waals surface area (Å²) in [6, 6.07) is 17.8. The van der Waals surface area contributed by atoms with Crippen molar-refractivity contribution in [3.05, 3.63) is 66.0 Å². The predicted molar refractivity (Wildman–Crippen MR) is 112 cm³/mol. The average molecular weight is 377 g/mol. The van der Waals surface area contributed by atoms with E-state index in [9.17, 15) is 4.79 Å². The Labute approximate surface area is 166 Å². The number of aryl methyl sites for hydroxylation is 1. The Morgan fingerprint density at radius 1 is 1.18 bits per heavy atom. The molecule has 0 aliphatic carbocycles. The second-order valence-corrected chi connectivity index (χ2v) is 7.62. The maximum Gasteiger partial charge on any atom is 0.227 e. The first-order chi connectivity index (χ1) is 13.6. The molecule has 0 bridgehead atoms. The third-order valence-electron chi connectivity index (χ3n) is 5.95. The SMILES string of the molecule is CCn1c(C2CCCN2C(=O)C(C)C(N)c2ccccc2)nc2ccccc21. The van der Waals surface area contributed by atoms with Crippen LogP contribution in [0, 0.1) is 5.92 Å². The van der Waals surface area contributed by atoms with Crippen molar-refractivity contribution in [2.75, 3.05) is 6.54 Å². The smallest absolute Gasteiger partial charge is 0.227 e. The van der Waals surface area contributed by atoms with E-state index in [1.54, 1.807) is 0 Å². The Balaban J connectivity index is 1.63. The zero-order valence-corrected chi connectivity index (χ0v) is 16.6. The standard InChI is InChI=1S/C23H28N4O/c1-3-26-19-13-8-7-12-18(19)25-22(26)20-14-9-15-27(20)23(28)16(2)21(24)17-10-5-4-6-11-17/h4-8,10-13,16,20-21H,3,9,14-15,24H2,1-2H3. The van der Waals surface area contributed by atoms with Crippen LogP contribution in [0.25, 0.3) is 11.0 Å². The fourth-order valence-corrected chi connectivity index (χ4v) is 4.36. The molecule has 0 radical (unpaired) electrons. The monoisotopic (exact) mass is 376 g/mol. The van der Waals surface area contributed by atoms with Gasteiger partial charge >= 0.3 is 0 Å². The topological polar surface area (TPSA) is 64.2 Å². The lowest BCUT2D eigenvalue weighted by Gasteiger charge is -2.30. The minimum Gasteiger partial charge on any atom is -0.332 e. The number of para-hydroxylation sites is 2. The second kappa shape index (κ2) is 7.76. The number of nitrogens with zero attached hydrogens (tertiary/aromatic N) is 3. The number of hydrogen-bond acceptors (Lipinski definition) is 3. The molecule has 2 N–H and O–H groups in total. The molecule has 1 aromatic heterocycles. The number of aromatic nitrogens is 2. The summed E-state index contributed by atoms with van der Waals surface area (Å²) in [6.45, 7) is 5.68. The molecule has 2 aromatic carbocycles. The second-order valence-electron chi connectivity index (χ2n) is 7.62. The molecule has 1 fully saturated rings. The Bertz CT molecular complexity index is 965. The maximum atomic E-state index is 13.4. The van der Waals surface area contributed by atoms with Gasteiger partial charge in [0.05, 0.1) is 23.0 Å². The number of amides is 1. The van der Waals surface area contributed by atoms with Crippen molar-refractivity contribution in [1.29, 1.82) is 0 Å². The first-order valence-electron chi connectivity index (χ1n) is 10.2. The zero-order chi connectivity index (χ0) is 19.7. The number of likely N-dealkylation sites (tertiary alicyclic amines) is 1. The summed E-state index contributed by atoms with van der Waals surface area (Å²) in [4.78, 5) is 20.3. The molecule has 1 saturated heterocycles. The third kappa shape index (κ3) is 3.20. The Kier molecular flexibility index (Phi) is 5.18. The van der Waals surface area contributed by atoms with Gasteiger partial charge in [0.15, 0.2) is 0 Å². The molecule has 3 unspecified atom stereocenters. The molecule has 146 valence electrons. The molecule has 0 saturated carbocycles. The number of fused-ring (bicyclic) bond motifs is 1. The summed E-state index contributed by atoms with van der Waals surface area (Å²) in [5, 5.41) is 0. The molecule has 1 aliphatic rings. The van der Waals surface area contributed by atoms with Crippen LogP contribution in [0.4, 0.5) is 0 Å². The van der Waals surface area contributed by atoms with Gasteiger partial charge in [-0.3, -0.25) is 4.79 Å². The lowest BCUT2D eigenvalue weighted by atomic mass is 9.94. The summed E-state index contributed by atoms with van der Waals surface area (Å²) < 4.78 is 2.24. The minimum absolute atomic E-state index is 0.0188. The van der Waals surface area contributed by atoms with Crippen molar-refractivity contribution >= 4 is 16.9 Å². The first kappa shape index (κ1) is 18.7. The maximum absolute atomic E-state index is 13.4. The molecule has 3 aromatic rings. The molecule has 5 heteroatoms. The average Bonchev–Trinajstić information content (AvgIpc) is 3.36. The number of imidazole rings is 1. The van der Waals surface area contributed by atoms with E-state index in [-0.39, 0.29) is 23.9 Å². The van der Waals surface area contributed by atoms with Gasteiger partial charge in [-0.25, -0.2) is 4.98 Å². The van der Waals surface area contributed by atoms with E-state index < -0.39 is 0 Å². The molecule has 28 heavy (non-hydrogen) atoms. The number of rotatable bonds is 5. The van der Waals surface area contributed by atoms with Crippen molar-refractivity contribution in [3.63, 3.8) is 0 Å². The van der Waals surface area contributed by atoms with E-state index in [1.807, 2.05) is 60.4 Å². The fraction of sp³-hybridized carbons (Fsp3) is 0.391. The Morgan fingerprint density at radius 3 is 2.64 bits per heavy atom. The minimum atomic E-state index is -0.306. The number of hydrogen-bond donors (Lipinski definition) is 1. The van der Waals surface area contributed by atoms with Gasteiger partial charge in [0.1, 0.15) is 5.82 Å². The van der Waals surface area contributed by atoms with E-state index in [4.69, 9.17) is 10.7 Å². The zero-order valence-electron chi connectivity index (χ0n) is 16.6. The molecule has 4 rings (SSSR count). The van der Waals surface area contributed by atoms with Crippen LogP contribution < -0.4 is 5.73 Å². The van der Waals surface area contributed by atoms with E-state index in [0.29, 0.717) is 0 Å². The number of nitrogens with two attached hydrogens (primary N) is 1. The van der Waals surface area contributed by atoms with E-state index in [0.717, 1.165) is 48.4 Å².